The van der Waals surface area contributed by atoms with Gasteiger partial charge in [0.1, 0.15) is 11.4 Å². The lowest BCUT2D eigenvalue weighted by Gasteiger charge is -2.37. The van der Waals surface area contributed by atoms with Gasteiger partial charge in [0, 0.05) is 36.8 Å². The number of amides is 1. The van der Waals surface area contributed by atoms with Crippen molar-refractivity contribution in [1.29, 1.82) is 0 Å². The monoisotopic (exact) mass is 594 g/mol. The number of anilines is 1. The molecule has 1 aliphatic heterocycles. The van der Waals surface area contributed by atoms with Gasteiger partial charge in [-0.15, -0.1) is 12.8 Å². The summed E-state index contributed by atoms with van der Waals surface area (Å²) in [5.74, 6) is -0.503. The summed E-state index contributed by atoms with van der Waals surface area (Å²) in [4.78, 5) is 19.8. The number of aromatic nitrogens is 1. The Kier molecular flexibility index (Phi) is 10.9. The third kappa shape index (κ3) is 7.34. The number of halogens is 1. The fourth-order valence-corrected chi connectivity index (χ4v) is 6.11. The van der Waals surface area contributed by atoms with E-state index in [1.165, 1.54) is 17.2 Å². The molecule has 0 saturated heterocycles. The summed E-state index contributed by atoms with van der Waals surface area (Å²) >= 11 is 0. The van der Waals surface area contributed by atoms with Crippen molar-refractivity contribution >= 4 is 21.6 Å². The minimum Gasteiger partial charge on any atom is -0.471 e. The fourth-order valence-electron chi connectivity index (χ4n) is 4.90. The highest BCUT2D eigenvalue weighted by atomic mass is 32.2. The number of hydrogen-bond acceptors (Lipinski definition) is 6. The molecule has 3 aromatic rings. The average Bonchev–Trinajstić information content (AvgIpc) is 2.97. The van der Waals surface area contributed by atoms with Crippen LogP contribution in [0.3, 0.4) is 0 Å². The maximum absolute atomic E-state index is 14.8. The van der Waals surface area contributed by atoms with Crippen molar-refractivity contribution < 1.29 is 22.3 Å². The van der Waals surface area contributed by atoms with Gasteiger partial charge in [0.15, 0.2) is 0 Å². The molecule has 0 aliphatic carbocycles. The highest BCUT2D eigenvalue weighted by molar-refractivity contribution is 7.89. The predicted molar refractivity (Wildman–Crippen MR) is 163 cm³/mol. The summed E-state index contributed by atoms with van der Waals surface area (Å²) in [6.45, 7) is 10.7. The van der Waals surface area contributed by atoms with Crippen LogP contribution in [0.5, 0.6) is 5.88 Å². The molecule has 0 radical (unpaired) electrons. The Labute approximate surface area is 248 Å². The minimum atomic E-state index is -3.87. The second-order valence-corrected chi connectivity index (χ2v) is 12.1. The van der Waals surface area contributed by atoms with Crippen molar-refractivity contribution in [3.63, 3.8) is 0 Å². The van der Waals surface area contributed by atoms with Crippen molar-refractivity contribution in [2.24, 2.45) is 0 Å². The van der Waals surface area contributed by atoms with Gasteiger partial charge < -0.3 is 15.0 Å². The van der Waals surface area contributed by atoms with Crippen LogP contribution in [-0.2, 0) is 23.0 Å². The third-order valence-corrected chi connectivity index (χ3v) is 8.49. The van der Waals surface area contributed by atoms with Crippen molar-refractivity contribution in [1.82, 2.24) is 15.0 Å². The molecule has 1 atom stereocenters. The molecule has 224 valence electrons. The third-order valence-electron chi connectivity index (χ3n) is 7.01. The largest absolute Gasteiger partial charge is 0.471 e. The van der Waals surface area contributed by atoms with Gasteiger partial charge >= 0.3 is 0 Å². The van der Waals surface area contributed by atoms with Crippen LogP contribution in [0.15, 0.2) is 59.6 Å². The zero-order valence-corrected chi connectivity index (χ0v) is 25.6. The highest BCUT2D eigenvalue weighted by Gasteiger charge is 2.38. The molecule has 2 heterocycles. The first kappa shape index (κ1) is 32.7. The smallest absolute Gasteiger partial charge is 0.259 e. The standard InChI is InChI=1S/C30H37FN4O4S.C2H2/c1-6-20-12-14-22(15-13-20)40(37,38)34-26-17-30(4,5)39-28-23(26)16-21(18-33-28)29(36)35(8-3)27-11-9-10-25(31)24(27)19-32-7-2;1-2/h9-16,18,26,32,34H,6-8,17,19H2,1-5H3;1-2H/t26-;/m0./s1. The van der Waals surface area contributed by atoms with Gasteiger partial charge in [0.2, 0.25) is 15.9 Å². The van der Waals surface area contributed by atoms with Gasteiger partial charge in [-0.1, -0.05) is 32.0 Å². The molecule has 0 bridgehead atoms. The Bertz CT molecular complexity index is 1520. The molecule has 0 spiro atoms. The number of hydrogen-bond donors (Lipinski definition) is 2. The molecular weight excluding hydrogens is 555 g/mol. The van der Waals surface area contributed by atoms with E-state index in [1.54, 1.807) is 42.5 Å². The van der Waals surface area contributed by atoms with E-state index >= 15 is 0 Å². The van der Waals surface area contributed by atoms with Crippen molar-refractivity contribution in [3.05, 3.63) is 82.8 Å². The first-order chi connectivity index (χ1) is 20.0. The van der Waals surface area contributed by atoms with Gasteiger partial charge in [-0.2, -0.15) is 0 Å². The van der Waals surface area contributed by atoms with Crippen LogP contribution >= 0.6 is 0 Å². The fraction of sp³-hybridized carbons (Fsp3) is 0.375. The number of ether oxygens (including phenoxy) is 1. The van der Waals surface area contributed by atoms with Gasteiger partial charge in [-0.3, -0.25) is 4.79 Å². The van der Waals surface area contributed by atoms with E-state index in [4.69, 9.17) is 4.74 Å². The molecular formula is C32H39FN4O4S. The van der Waals surface area contributed by atoms with Gasteiger partial charge in [-0.05, 0) is 69.6 Å². The Morgan fingerprint density at radius 1 is 1.14 bits per heavy atom. The van der Waals surface area contributed by atoms with Crippen LogP contribution in [-0.4, -0.2) is 38.0 Å². The van der Waals surface area contributed by atoms with E-state index in [9.17, 15) is 17.6 Å². The number of nitrogens with one attached hydrogen (secondary N) is 2. The molecule has 0 unspecified atom stereocenters. The number of sulfonamides is 1. The summed E-state index contributed by atoms with van der Waals surface area (Å²) < 4.78 is 50.3. The number of nitrogens with zero attached hydrogens (tertiary/aromatic N) is 2. The molecule has 4 rings (SSSR count). The lowest BCUT2D eigenvalue weighted by atomic mass is 9.91. The quantitative estimate of drug-likeness (QED) is 0.306. The molecule has 10 heteroatoms. The van der Waals surface area contributed by atoms with Gasteiger partial charge in [0.25, 0.3) is 5.91 Å². The second-order valence-electron chi connectivity index (χ2n) is 10.4. The number of rotatable bonds is 10. The molecule has 8 nitrogen and oxygen atoms in total. The summed E-state index contributed by atoms with van der Waals surface area (Å²) in [5, 5.41) is 3.13. The Balaban J connectivity index is 0.00000237. The number of terminal acetylenes is 1. The zero-order valence-electron chi connectivity index (χ0n) is 24.8. The van der Waals surface area contributed by atoms with Crippen LogP contribution < -0.4 is 19.7 Å². The summed E-state index contributed by atoms with van der Waals surface area (Å²) in [6, 6.07) is 12.4. The van der Waals surface area contributed by atoms with Gasteiger partial charge in [0.05, 0.1) is 22.2 Å². The number of benzene rings is 2. The molecule has 0 fully saturated rings. The maximum Gasteiger partial charge on any atom is 0.259 e. The first-order valence-corrected chi connectivity index (χ1v) is 15.4. The molecule has 1 aromatic heterocycles. The molecule has 1 amide bonds. The zero-order chi connectivity index (χ0) is 31.1. The molecule has 0 saturated carbocycles. The maximum atomic E-state index is 14.8. The van der Waals surface area contributed by atoms with Crippen molar-refractivity contribution in [2.45, 2.75) is 70.5 Å². The number of aryl methyl sites for hydroxylation is 1. The first-order valence-electron chi connectivity index (χ1n) is 13.9. The second kappa shape index (κ2) is 13.9. The molecule has 2 N–H and O–H groups in total. The summed E-state index contributed by atoms with van der Waals surface area (Å²) in [5.41, 5.74) is 1.94. The molecule has 42 heavy (non-hydrogen) atoms. The van der Waals surface area contributed by atoms with E-state index in [1.807, 2.05) is 34.6 Å². The highest BCUT2D eigenvalue weighted by Crippen LogP contribution is 2.39. The van der Waals surface area contributed by atoms with Crippen LogP contribution in [0.25, 0.3) is 0 Å². The van der Waals surface area contributed by atoms with E-state index in [0.717, 1.165) is 12.0 Å². The number of carbonyl (C=O) groups excluding carboxylic acids is 1. The van der Waals surface area contributed by atoms with Crippen LogP contribution in [0, 0.1) is 18.7 Å². The molecule has 1 aliphatic rings. The number of fused-ring (bicyclic) bond motifs is 1. The lowest BCUT2D eigenvalue weighted by molar-refractivity contribution is 0.0640. The predicted octanol–water partition coefficient (Wildman–Crippen LogP) is 5.39. The Morgan fingerprint density at radius 3 is 2.45 bits per heavy atom. The Morgan fingerprint density at radius 2 is 1.83 bits per heavy atom. The van der Waals surface area contributed by atoms with Crippen LogP contribution in [0.4, 0.5) is 10.1 Å². The normalized spacial score (nSPS) is 15.5. The number of carbonyl (C=O) groups is 1. The van der Waals surface area contributed by atoms with Crippen molar-refractivity contribution in [3.8, 4) is 18.7 Å². The van der Waals surface area contributed by atoms with E-state index in [2.05, 4.69) is 27.9 Å². The van der Waals surface area contributed by atoms with E-state index < -0.39 is 27.5 Å². The average molecular weight is 595 g/mol. The van der Waals surface area contributed by atoms with Crippen molar-refractivity contribution in [2.75, 3.05) is 18.0 Å². The summed E-state index contributed by atoms with van der Waals surface area (Å²) in [6.07, 6.45) is 10.6. The lowest BCUT2D eigenvalue weighted by Crippen LogP contribution is -2.42. The van der Waals surface area contributed by atoms with Crippen LogP contribution in [0.2, 0.25) is 0 Å². The minimum absolute atomic E-state index is 0.159. The summed E-state index contributed by atoms with van der Waals surface area (Å²) in [7, 11) is -3.87. The van der Waals surface area contributed by atoms with Crippen LogP contribution in [0.1, 0.15) is 74.1 Å². The molecule has 2 aromatic carbocycles. The SMILES string of the molecule is C#C.CCNCc1c(F)cccc1N(CC)C(=O)c1cnc2c(c1)[C@@H](NS(=O)(=O)c1ccc(CC)cc1)CC(C)(C)O2. The van der Waals surface area contributed by atoms with Gasteiger partial charge in [-0.25, -0.2) is 22.5 Å². The van der Waals surface area contributed by atoms with E-state index in [-0.39, 0.29) is 28.8 Å². The van der Waals surface area contributed by atoms with E-state index in [0.29, 0.717) is 36.3 Å². The topological polar surface area (TPSA) is 101 Å². The Hall–Kier alpha value is -3.78. The number of pyridine rings is 1.